The van der Waals surface area contributed by atoms with Crippen LogP contribution in [-0.2, 0) is 9.53 Å². The van der Waals surface area contributed by atoms with E-state index in [1.54, 1.807) is 7.11 Å². The fourth-order valence-corrected chi connectivity index (χ4v) is 0.948. The van der Waals surface area contributed by atoms with Gasteiger partial charge in [0, 0.05) is 26.1 Å². The van der Waals surface area contributed by atoms with Gasteiger partial charge in [0.25, 0.3) is 0 Å². The molecule has 0 amide bonds. The lowest BCUT2D eigenvalue weighted by Crippen LogP contribution is -2.12. The molecular weight excluding hydrogens is 178 g/mol. The van der Waals surface area contributed by atoms with E-state index in [-0.39, 0.29) is 5.92 Å². The van der Waals surface area contributed by atoms with Crippen molar-refractivity contribution in [2.24, 2.45) is 5.92 Å². The highest BCUT2D eigenvalue weighted by molar-refractivity contribution is 5.80. The molecule has 1 atom stereocenters. The van der Waals surface area contributed by atoms with Crippen molar-refractivity contribution in [3.63, 3.8) is 0 Å². The summed E-state index contributed by atoms with van der Waals surface area (Å²) < 4.78 is 4.89. The van der Waals surface area contributed by atoms with Crippen LogP contribution in [0.4, 0.5) is 0 Å². The van der Waals surface area contributed by atoms with Crippen molar-refractivity contribution < 1.29 is 9.53 Å². The van der Waals surface area contributed by atoms with Gasteiger partial charge in [-0.25, -0.2) is 0 Å². The Hall–Kier alpha value is -0.410. The summed E-state index contributed by atoms with van der Waals surface area (Å²) in [6.45, 7) is 4.69. The molecule has 0 aromatic heterocycles. The van der Waals surface area contributed by atoms with Gasteiger partial charge in [-0.2, -0.15) is 0 Å². The van der Waals surface area contributed by atoms with Gasteiger partial charge in [-0.1, -0.05) is 13.8 Å². The summed E-state index contributed by atoms with van der Waals surface area (Å²) in [6, 6.07) is 0. The Morgan fingerprint density at radius 3 is 2.29 bits per heavy atom. The maximum atomic E-state index is 11.2. The zero-order valence-electron chi connectivity index (χ0n) is 10.2. The summed E-state index contributed by atoms with van der Waals surface area (Å²) in [4.78, 5) is 11.2. The van der Waals surface area contributed by atoms with Gasteiger partial charge in [-0.05, 0) is 26.9 Å². The van der Waals surface area contributed by atoms with Crippen molar-refractivity contribution in [1.82, 2.24) is 5.32 Å². The zero-order chi connectivity index (χ0) is 11.4. The van der Waals surface area contributed by atoms with E-state index in [2.05, 4.69) is 5.32 Å². The van der Waals surface area contributed by atoms with Gasteiger partial charge in [0.15, 0.2) is 0 Å². The van der Waals surface area contributed by atoms with Gasteiger partial charge in [0.2, 0.25) is 0 Å². The molecule has 0 aromatic rings. The van der Waals surface area contributed by atoms with Crippen molar-refractivity contribution in [3.05, 3.63) is 0 Å². The van der Waals surface area contributed by atoms with E-state index in [9.17, 15) is 4.79 Å². The number of carbonyl (C=O) groups is 1. The average Bonchev–Trinajstić information content (AvgIpc) is 2.15. The van der Waals surface area contributed by atoms with E-state index >= 15 is 0 Å². The zero-order valence-corrected chi connectivity index (χ0v) is 10.2. The molecule has 0 bridgehead atoms. The quantitative estimate of drug-likeness (QED) is 0.716. The second-order valence-corrected chi connectivity index (χ2v) is 3.40. The highest BCUT2D eigenvalue weighted by Crippen LogP contribution is 2.07. The predicted molar refractivity (Wildman–Crippen MR) is 60.6 cm³/mol. The third kappa shape index (κ3) is 11.6. The number of hydrogen-bond donors (Lipinski definition) is 1. The van der Waals surface area contributed by atoms with Gasteiger partial charge < -0.3 is 10.1 Å². The highest BCUT2D eigenvalue weighted by atomic mass is 16.5. The standard InChI is InChI=1S/C9H18O2.C2H7N/c1-4-5-9(10)8(2)6-7-11-3;1-3-2/h8H,4-7H2,1-3H3;3H,1-2H3. The summed E-state index contributed by atoms with van der Waals surface area (Å²) in [5, 5.41) is 2.75. The van der Waals surface area contributed by atoms with Crippen molar-refractivity contribution in [2.75, 3.05) is 27.8 Å². The molecule has 1 unspecified atom stereocenters. The fourth-order valence-electron chi connectivity index (χ4n) is 0.948. The first kappa shape index (κ1) is 16.0. The number of ether oxygens (including phenoxy) is 1. The summed E-state index contributed by atoms with van der Waals surface area (Å²) in [6.07, 6.45) is 2.52. The van der Waals surface area contributed by atoms with Crippen LogP contribution in [0.5, 0.6) is 0 Å². The second kappa shape index (κ2) is 12.6. The molecule has 0 aliphatic rings. The van der Waals surface area contributed by atoms with Crippen molar-refractivity contribution in [3.8, 4) is 0 Å². The monoisotopic (exact) mass is 203 g/mol. The summed E-state index contributed by atoms with van der Waals surface area (Å²) in [7, 11) is 5.41. The van der Waals surface area contributed by atoms with E-state index in [0.717, 1.165) is 12.8 Å². The van der Waals surface area contributed by atoms with Gasteiger partial charge in [-0.3, -0.25) is 4.79 Å². The van der Waals surface area contributed by atoms with Crippen LogP contribution in [0, 0.1) is 5.92 Å². The van der Waals surface area contributed by atoms with Gasteiger partial charge in [0.05, 0.1) is 0 Å². The lowest BCUT2D eigenvalue weighted by Gasteiger charge is -2.07. The van der Waals surface area contributed by atoms with Crippen LogP contribution in [-0.4, -0.2) is 33.6 Å². The van der Waals surface area contributed by atoms with E-state index in [1.807, 2.05) is 27.9 Å². The minimum atomic E-state index is 0.176. The van der Waals surface area contributed by atoms with Gasteiger partial charge >= 0.3 is 0 Å². The molecule has 0 aromatic carbocycles. The minimum absolute atomic E-state index is 0.176. The molecule has 0 aliphatic carbocycles. The molecule has 0 radical (unpaired) electrons. The molecule has 3 heteroatoms. The molecule has 0 heterocycles. The van der Waals surface area contributed by atoms with Crippen LogP contribution >= 0.6 is 0 Å². The molecular formula is C11H25NO2. The third-order valence-electron chi connectivity index (χ3n) is 1.80. The lowest BCUT2D eigenvalue weighted by molar-refractivity contribution is -0.122. The molecule has 0 fully saturated rings. The summed E-state index contributed by atoms with van der Waals surface area (Å²) in [5.74, 6) is 0.541. The minimum Gasteiger partial charge on any atom is -0.385 e. The van der Waals surface area contributed by atoms with Crippen LogP contribution in [0.25, 0.3) is 0 Å². The number of Topliss-reactive ketones (excluding diaryl/α,β-unsaturated/α-hetero) is 1. The normalized spacial score (nSPS) is 11.5. The van der Waals surface area contributed by atoms with E-state index in [1.165, 1.54) is 0 Å². The Kier molecular flexibility index (Phi) is 14.4. The molecule has 14 heavy (non-hydrogen) atoms. The topological polar surface area (TPSA) is 38.3 Å². The Morgan fingerprint density at radius 1 is 1.43 bits per heavy atom. The smallest absolute Gasteiger partial charge is 0.135 e. The molecule has 0 spiro atoms. The van der Waals surface area contributed by atoms with Crippen molar-refractivity contribution in [2.45, 2.75) is 33.1 Å². The Bertz CT molecular complexity index is 126. The molecule has 0 saturated heterocycles. The maximum absolute atomic E-state index is 11.2. The van der Waals surface area contributed by atoms with Gasteiger partial charge in [0.1, 0.15) is 5.78 Å². The second-order valence-electron chi connectivity index (χ2n) is 3.40. The summed E-state index contributed by atoms with van der Waals surface area (Å²) in [5.41, 5.74) is 0. The predicted octanol–water partition coefficient (Wildman–Crippen LogP) is 1.86. The fraction of sp³-hybridized carbons (Fsp3) is 0.909. The summed E-state index contributed by atoms with van der Waals surface area (Å²) >= 11 is 0. The van der Waals surface area contributed by atoms with Crippen molar-refractivity contribution in [1.29, 1.82) is 0 Å². The Morgan fingerprint density at radius 2 is 1.93 bits per heavy atom. The van der Waals surface area contributed by atoms with Crippen LogP contribution in [0.3, 0.4) is 0 Å². The first-order chi connectivity index (χ1) is 6.63. The number of methoxy groups -OCH3 is 1. The number of ketones is 1. The van der Waals surface area contributed by atoms with Crippen molar-refractivity contribution >= 4 is 5.78 Å². The Balaban J connectivity index is 0. The van der Waals surface area contributed by atoms with E-state index in [4.69, 9.17) is 4.74 Å². The first-order valence-corrected chi connectivity index (χ1v) is 5.24. The average molecular weight is 203 g/mol. The lowest BCUT2D eigenvalue weighted by atomic mass is 10.00. The highest BCUT2D eigenvalue weighted by Gasteiger charge is 2.10. The van der Waals surface area contributed by atoms with Crippen LogP contribution in [0.1, 0.15) is 33.1 Å². The Labute approximate surface area is 88.2 Å². The number of rotatable bonds is 6. The van der Waals surface area contributed by atoms with Gasteiger partial charge in [-0.15, -0.1) is 0 Å². The molecule has 86 valence electrons. The molecule has 0 aliphatic heterocycles. The number of hydrogen-bond acceptors (Lipinski definition) is 3. The SMILES string of the molecule is CCCC(=O)C(C)CCOC.CNC. The van der Waals surface area contributed by atoms with E-state index in [0.29, 0.717) is 18.8 Å². The number of carbonyl (C=O) groups excluding carboxylic acids is 1. The molecule has 0 saturated carbocycles. The molecule has 0 rings (SSSR count). The maximum Gasteiger partial charge on any atom is 0.135 e. The van der Waals surface area contributed by atoms with E-state index < -0.39 is 0 Å². The largest absolute Gasteiger partial charge is 0.385 e. The third-order valence-corrected chi connectivity index (χ3v) is 1.80. The molecule has 1 N–H and O–H groups in total. The first-order valence-electron chi connectivity index (χ1n) is 5.24. The van der Waals surface area contributed by atoms with Crippen LogP contribution in [0.2, 0.25) is 0 Å². The van der Waals surface area contributed by atoms with Crippen LogP contribution < -0.4 is 5.32 Å². The number of nitrogens with one attached hydrogen (secondary N) is 1. The molecule has 3 nitrogen and oxygen atoms in total. The van der Waals surface area contributed by atoms with Crippen LogP contribution in [0.15, 0.2) is 0 Å².